The molecule has 1 unspecified atom stereocenters. The fourth-order valence-corrected chi connectivity index (χ4v) is 3.94. The van der Waals surface area contributed by atoms with Crippen LogP contribution >= 0.6 is 11.6 Å². The summed E-state index contributed by atoms with van der Waals surface area (Å²) in [6.07, 6.45) is 6.06. The van der Waals surface area contributed by atoms with Crippen LogP contribution in [0.3, 0.4) is 0 Å². The Kier molecular flexibility index (Phi) is 8.21. The normalized spacial score (nSPS) is 14.7. The monoisotopic (exact) mass is 474 g/mol. The molecule has 9 nitrogen and oxygen atoms in total. The number of aromatic nitrogens is 1. The minimum Gasteiger partial charge on any atom is -0.474 e. The van der Waals surface area contributed by atoms with Gasteiger partial charge in [-0.05, 0) is 43.7 Å². The van der Waals surface area contributed by atoms with Crippen LogP contribution in [0.1, 0.15) is 55.5 Å². The molecule has 0 saturated heterocycles. The van der Waals surface area contributed by atoms with Crippen LogP contribution in [0.25, 0.3) is 0 Å². The van der Waals surface area contributed by atoms with Crippen molar-refractivity contribution in [2.45, 2.75) is 58.2 Å². The highest BCUT2D eigenvalue weighted by Crippen LogP contribution is 2.25. The molecule has 1 aliphatic rings. The van der Waals surface area contributed by atoms with Crippen LogP contribution in [0.15, 0.2) is 36.5 Å². The van der Waals surface area contributed by atoms with Gasteiger partial charge in [0, 0.05) is 30.4 Å². The second-order valence-electron chi connectivity index (χ2n) is 8.33. The van der Waals surface area contributed by atoms with Gasteiger partial charge in [-0.3, -0.25) is 19.7 Å². The number of pyridine rings is 1. The lowest BCUT2D eigenvalue weighted by Gasteiger charge is -2.22. The molecule has 0 spiro atoms. The first kappa shape index (κ1) is 24.4. The second kappa shape index (κ2) is 11.1. The Morgan fingerprint density at radius 3 is 2.64 bits per heavy atom. The van der Waals surface area contributed by atoms with Gasteiger partial charge < -0.3 is 15.4 Å². The van der Waals surface area contributed by atoms with Crippen molar-refractivity contribution in [2.24, 2.45) is 5.92 Å². The number of hydrogen-bond acceptors (Lipinski definition) is 6. The highest BCUT2D eigenvalue weighted by Gasteiger charge is 2.26. The molecule has 1 atom stereocenters. The number of non-ortho nitro benzene ring substituents is 1. The number of hydrogen-bond donors (Lipinski definition) is 2. The molecule has 1 saturated carbocycles. The molecule has 1 aliphatic carbocycles. The van der Waals surface area contributed by atoms with Gasteiger partial charge in [-0.1, -0.05) is 31.5 Å². The van der Waals surface area contributed by atoms with Crippen LogP contribution in [0.2, 0.25) is 5.02 Å². The van der Waals surface area contributed by atoms with Crippen LogP contribution in [-0.2, 0) is 11.3 Å². The van der Waals surface area contributed by atoms with Crippen molar-refractivity contribution < 1.29 is 19.2 Å². The number of carbonyl (C=O) groups is 2. The highest BCUT2D eigenvalue weighted by molar-refractivity contribution is 6.34. The first-order chi connectivity index (χ1) is 15.8. The summed E-state index contributed by atoms with van der Waals surface area (Å²) in [6, 6.07) is 6.36. The number of nitrogens with zero attached hydrogens (tertiary/aromatic N) is 2. The van der Waals surface area contributed by atoms with E-state index in [1.165, 1.54) is 12.1 Å². The Morgan fingerprint density at radius 2 is 2.00 bits per heavy atom. The van der Waals surface area contributed by atoms with Crippen LogP contribution in [-0.4, -0.2) is 33.9 Å². The molecular formula is C23H27ClN4O5. The maximum absolute atomic E-state index is 12.9. The van der Waals surface area contributed by atoms with Gasteiger partial charge in [-0.15, -0.1) is 0 Å². The topological polar surface area (TPSA) is 123 Å². The Morgan fingerprint density at radius 1 is 1.27 bits per heavy atom. The van der Waals surface area contributed by atoms with Crippen molar-refractivity contribution in [1.29, 1.82) is 0 Å². The standard InChI is InChI=1S/C23H27ClN4O5/c1-14(2)20(27-21(29)18-10-9-16(28(31)32)12-19(18)24)22(30)26-13-15-6-5-11-25-23(15)33-17-7-3-4-8-17/h5-6,9-12,14,17,20H,3-4,7-8,13H2,1-2H3,(H,26,30)(H,27,29). The number of rotatable bonds is 9. The third-order valence-corrected chi connectivity index (χ3v) is 5.84. The fourth-order valence-electron chi connectivity index (χ4n) is 3.68. The van der Waals surface area contributed by atoms with Crippen molar-refractivity contribution in [1.82, 2.24) is 15.6 Å². The molecule has 1 aromatic carbocycles. The lowest BCUT2D eigenvalue weighted by atomic mass is 10.0. The number of nitrogens with one attached hydrogen (secondary N) is 2. The quantitative estimate of drug-likeness (QED) is 0.417. The summed E-state index contributed by atoms with van der Waals surface area (Å²) in [5, 5.41) is 16.3. The third kappa shape index (κ3) is 6.41. The van der Waals surface area contributed by atoms with Gasteiger partial charge in [0.1, 0.15) is 12.1 Å². The first-order valence-corrected chi connectivity index (χ1v) is 11.3. The summed E-state index contributed by atoms with van der Waals surface area (Å²) in [5.74, 6) is -0.663. The Bertz CT molecular complexity index is 1020. The van der Waals surface area contributed by atoms with Crippen LogP contribution in [0.5, 0.6) is 5.88 Å². The Labute approximate surface area is 197 Å². The van der Waals surface area contributed by atoms with E-state index in [1.807, 2.05) is 6.07 Å². The molecule has 1 aromatic heterocycles. The van der Waals surface area contributed by atoms with Gasteiger partial charge in [0.25, 0.3) is 11.6 Å². The maximum Gasteiger partial charge on any atom is 0.270 e. The lowest BCUT2D eigenvalue weighted by Crippen LogP contribution is -2.49. The zero-order valence-electron chi connectivity index (χ0n) is 18.5. The summed E-state index contributed by atoms with van der Waals surface area (Å²) >= 11 is 6.05. The molecule has 0 bridgehead atoms. The number of halogens is 1. The van der Waals surface area contributed by atoms with Crippen molar-refractivity contribution in [2.75, 3.05) is 0 Å². The zero-order valence-corrected chi connectivity index (χ0v) is 19.3. The highest BCUT2D eigenvalue weighted by atomic mass is 35.5. The molecule has 0 radical (unpaired) electrons. The van der Waals surface area contributed by atoms with E-state index >= 15 is 0 Å². The van der Waals surface area contributed by atoms with Crippen LogP contribution < -0.4 is 15.4 Å². The van der Waals surface area contributed by atoms with E-state index in [9.17, 15) is 19.7 Å². The molecule has 3 rings (SSSR count). The van der Waals surface area contributed by atoms with E-state index in [4.69, 9.17) is 16.3 Å². The molecule has 10 heteroatoms. The average Bonchev–Trinajstić information content (AvgIpc) is 3.29. The smallest absolute Gasteiger partial charge is 0.270 e. The van der Waals surface area contributed by atoms with Crippen molar-refractivity contribution in [3.05, 3.63) is 62.8 Å². The van der Waals surface area contributed by atoms with Gasteiger partial charge in [-0.25, -0.2) is 4.98 Å². The molecule has 1 heterocycles. The third-order valence-electron chi connectivity index (χ3n) is 5.53. The number of amides is 2. The van der Waals surface area contributed by atoms with E-state index in [2.05, 4.69) is 15.6 Å². The summed E-state index contributed by atoms with van der Waals surface area (Å²) in [5.41, 5.74) is 0.590. The summed E-state index contributed by atoms with van der Waals surface area (Å²) in [6.45, 7) is 3.81. The minimum atomic E-state index is -0.834. The van der Waals surface area contributed by atoms with E-state index in [0.717, 1.165) is 37.3 Å². The molecule has 0 aliphatic heterocycles. The van der Waals surface area contributed by atoms with E-state index in [-0.39, 0.29) is 40.7 Å². The Hall–Kier alpha value is -3.20. The van der Waals surface area contributed by atoms with Gasteiger partial charge in [-0.2, -0.15) is 0 Å². The van der Waals surface area contributed by atoms with Crippen molar-refractivity contribution in [3.63, 3.8) is 0 Å². The molecular weight excluding hydrogens is 448 g/mol. The van der Waals surface area contributed by atoms with Crippen molar-refractivity contribution >= 4 is 29.1 Å². The van der Waals surface area contributed by atoms with Crippen LogP contribution in [0.4, 0.5) is 5.69 Å². The molecule has 1 fully saturated rings. The van der Waals surface area contributed by atoms with Gasteiger partial charge >= 0.3 is 0 Å². The molecule has 2 aromatic rings. The second-order valence-corrected chi connectivity index (χ2v) is 8.73. The van der Waals surface area contributed by atoms with E-state index in [1.54, 1.807) is 26.1 Å². The predicted molar refractivity (Wildman–Crippen MR) is 123 cm³/mol. The van der Waals surface area contributed by atoms with Crippen LogP contribution in [0, 0.1) is 16.0 Å². The van der Waals surface area contributed by atoms with Gasteiger partial charge in [0.15, 0.2) is 0 Å². The SMILES string of the molecule is CC(C)C(NC(=O)c1ccc([N+](=O)[O-])cc1Cl)C(=O)NCc1cccnc1OC1CCCC1. The van der Waals surface area contributed by atoms with Gasteiger partial charge in [0.2, 0.25) is 11.8 Å². The number of nitro groups is 1. The minimum absolute atomic E-state index is 0.0558. The molecule has 33 heavy (non-hydrogen) atoms. The number of benzene rings is 1. The van der Waals surface area contributed by atoms with E-state index in [0.29, 0.717) is 5.88 Å². The number of nitro benzene ring substituents is 1. The number of carbonyl (C=O) groups excluding carboxylic acids is 2. The largest absolute Gasteiger partial charge is 0.474 e. The molecule has 2 N–H and O–H groups in total. The van der Waals surface area contributed by atoms with Crippen molar-refractivity contribution in [3.8, 4) is 5.88 Å². The lowest BCUT2D eigenvalue weighted by molar-refractivity contribution is -0.384. The zero-order chi connectivity index (χ0) is 24.0. The van der Waals surface area contributed by atoms with E-state index < -0.39 is 16.9 Å². The predicted octanol–water partition coefficient (Wildman–Crippen LogP) is 4.04. The average molecular weight is 475 g/mol. The summed E-state index contributed by atoms with van der Waals surface area (Å²) in [4.78, 5) is 40.2. The number of ether oxygens (including phenoxy) is 1. The summed E-state index contributed by atoms with van der Waals surface area (Å²) < 4.78 is 6.01. The van der Waals surface area contributed by atoms with Gasteiger partial charge in [0.05, 0.1) is 15.5 Å². The molecule has 2 amide bonds. The molecule has 176 valence electrons. The summed E-state index contributed by atoms with van der Waals surface area (Å²) in [7, 11) is 0. The maximum atomic E-state index is 12.9. The Balaban J connectivity index is 1.65. The first-order valence-electron chi connectivity index (χ1n) is 10.9. The fraction of sp³-hybridized carbons (Fsp3) is 0.435.